The van der Waals surface area contributed by atoms with Crippen LogP contribution in [-0.4, -0.2) is 37.1 Å². The first-order valence-electron chi connectivity index (χ1n) is 6.15. The smallest absolute Gasteiger partial charge is 0.323 e. The van der Waals surface area contributed by atoms with Crippen LogP contribution in [0.5, 0.6) is 0 Å². The van der Waals surface area contributed by atoms with Crippen LogP contribution in [0.4, 0.5) is 0 Å². The highest BCUT2D eigenvalue weighted by Gasteiger charge is 2.40. The zero-order valence-electron chi connectivity index (χ0n) is 9.58. The molecule has 1 aliphatic heterocycles. The molecule has 1 atom stereocenters. The first kappa shape index (κ1) is 10.9. The number of carbonyl (C=O) groups is 1. The summed E-state index contributed by atoms with van der Waals surface area (Å²) in [5.41, 5.74) is 0. The lowest BCUT2D eigenvalue weighted by Gasteiger charge is -2.28. The number of hydrogen-bond donors (Lipinski definition) is 0. The average molecular weight is 211 g/mol. The van der Waals surface area contributed by atoms with E-state index in [4.69, 9.17) is 4.74 Å². The lowest BCUT2D eigenvalue weighted by molar-refractivity contribution is -0.147. The minimum Gasteiger partial charge on any atom is -0.468 e. The SMILES string of the molecule is COC(=O)C(C1CC1)N1CCCCCC1. The molecule has 15 heavy (non-hydrogen) atoms. The fraction of sp³-hybridized carbons (Fsp3) is 0.917. The van der Waals surface area contributed by atoms with E-state index in [-0.39, 0.29) is 12.0 Å². The highest BCUT2D eigenvalue weighted by atomic mass is 16.5. The number of methoxy groups -OCH3 is 1. The van der Waals surface area contributed by atoms with Crippen LogP contribution < -0.4 is 0 Å². The van der Waals surface area contributed by atoms with Crippen LogP contribution in [0.15, 0.2) is 0 Å². The van der Waals surface area contributed by atoms with Crippen LogP contribution in [0.3, 0.4) is 0 Å². The van der Waals surface area contributed by atoms with Crippen molar-refractivity contribution in [3.05, 3.63) is 0 Å². The Balaban J connectivity index is 1.98. The molecular formula is C12H21NO2. The molecule has 86 valence electrons. The molecule has 0 spiro atoms. The molecule has 1 aliphatic carbocycles. The number of carbonyl (C=O) groups excluding carboxylic acids is 1. The zero-order chi connectivity index (χ0) is 10.7. The van der Waals surface area contributed by atoms with Crippen molar-refractivity contribution in [1.82, 2.24) is 4.90 Å². The van der Waals surface area contributed by atoms with E-state index in [1.54, 1.807) is 0 Å². The van der Waals surface area contributed by atoms with Gasteiger partial charge in [0.1, 0.15) is 6.04 Å². The van der Waals surface area contributed by atoms with Crippen molar-refractivity contribution in [1.29, 1.82) is 0 Å². The van der Waals surface area contributed by atoms with Gasteiger partial charge in [-0.15, -0.1) is 0 Å². The number of rotatable bonds is 3. The quantitative estimate of drug-likeness (QED) is 0.667. The van der Waals surface area contributed by atoms with Gasteiger partial charge in [0.2, 0.25) is 0 Å². The van der Waals surface area contributed by atoms with Crippen molar-refractivity contribution in [3.8, 4) is 0 Å². The number of likely N-dealkylation sites (tertiary alicyclic amines) is 1. The topological polar surface area (TPSA) is 29.5 Å². The van der Waals surface area contributed by atoms with Crippen molar-refractivity contribution in [3.63, 3.8) is 0 Å². The van der Waals surface area contributed by atoms with Crippen molar-refractivity contribution in [2.75, 3.05) is 20.2 Å². The van der Waals surface area contributed by atoms with Crippen LogP contribution in [0.2, 0.25) is 0 Å². The summed E-state index contributed by atoms with van der Waals surface area (Å²) < 4.78 is 4.93. The molecule has 0 N–H and O–H groups in total. The van der Waals surface area contributed by atoms with E-state index in [1.807, 2.05) is 0 Å². The molecule has 2 rings (SSSR count). The summed E-state index contributed by atoms with van der Waals surface area (Å²) in [4.78, 5) is 14.1. The molecule has 2 aliphatic rings. The molecule has 0 bridgehead atoms. The molecule has 1 saturated carbocycles. The van der Waals surface area contributed by atoms with Gasteiger partial charge in [-0.1, -0.05) is 12.8 Å². The molecule has 0 aromatic carbocycles. The van der Waals surface area contributed by atoms with E-state index in [0.29, 0.717) is 5.92 Å². The van der Waals surface area contributed by atoms with Crippen molar-refractivity contribution in [2.45, 2.75) is 44.6 Å². The van der Waals surface area contributed by atoms with Gasteiger partial charge < -0.3 is 4.74 Å². The first-order chi connectivity index (χ1) is 7.33. The monoisotopic (exact) mass is 211 g/mol. The zero-order valence-corrected chi connectivity index (χ0v) is 9.58. The van der Waals surface area contributed by atoms with Crippen LogP contribution in [-0.2, 0) is 9.53 Å². The highest BCUT2D eigenvalue weighted by Crippen LogP contribution is 2.36. The third-order valence-corrected chi connectivity index (χ3v) is 3.55. The summed E-state index contributed by atoms with van der Waals surface area (Å²) in [6, 6.07) is 0.0631. The molecule has 1 saturated heterocycles. The molecule has 0 aromatic heterocycles. The maximum absolute atomic E-state index is 11.7. The van der Waals surface area contributed by atoms with E-state index in [2.05, 4.69) is 4.90 Å². The summed E-state index contributed by atoms with van der Waals surface area (Å²) in [5, 5.41) is 0. The van der Waals surface area contributed by atoms with Crippen LogP contribution >= 0.6 is 0 Å². The summed E-state index contributed by atoms with van der Waals surface area (Å²) in [5.74, 6) is 0.565. The molecule has 0 radical (unpaired) electrons. The molecule has 0 aromatic rings. The second-order valence-electron chi connectivity index (χ2n) is 4.76. The molecule has 3 heteroatoms. The van der Waals surface area contributed by atoms with Gasteiger partial charge in [0.05, 0.1) is 7.11 Å². The molecule has 1 heterocycles. The Labute approximate surface area is 91.8 Å². The molecule has 2 fully saturated rings. The fourth-order valence-corrected chi connectivity index (χ4v) is 2.55. The van der Waals surface area contributed by atoms with Crippen molar-refractivity contribution in [2.24, 2.45) is 5.92 Å². The van der Waals surface area contributed by atoms with Gasteiger partial charge in [-0.25, -0.2) is 0 Å². The Bertz CT molecular complexity index is 218. The third kappa shape index (κ3) is 2.71. The Morgan fingerprint density at radius 1 is 1.20 bits per heavy atom. The molecular weight excluding hydrogens is 190 g/mol. The van der Waals surface area contributed by atoms with Gasteiger partial charge in [0, 0.05) is 0 Å². The van der Waals surface area contributed by atoms with Crippen molar-refractivity contribution >= 4 is 5.97 Å². The van der Waals surface area contributed by atoms with Gasteiger partial charge in [-0.05, 0) is 44.7 Å². The maximum atomic E-state index is 11.7. The van der Waals surface area contributed by atoms with E-state index >= 15 is 0 Å². The van der Waals surface area contributed by atoms with Gasteiger partial charge in [-0.3, -0.25) is 9.69 Å². The second-order valence-corrected chi connectivity index (χ2v) is 4.76. The standard InChI is InChI=1S/C12H21NO2/c1-15-12(14)11(10-6-7-10)13-8-4-2-3-5-9-13/h10-11H,2-9H2,1H3. The summed E-state index contributed by atoms with van der Waals surface area (Å²) >= 11 is 0. The third-order valence-electron chi connectivity index (χ3n) is 3.55. The van der Waals surface area contributed by atoms with Crippen molar-refractivity contribution < 1.29 is 9.53 Å². The number of nitrogens with zero attached hydrogens (tertiary/aromatic N) is 1. The lowest BCUT2D eigenvalue weighted by Crippen LogP contribution is -2.44. The van der Waals surface area contributed by atoms with E-state index < -0.39 is 0 Å². The maximum Gasteiger partial charge on any atom is 0.323 e. The summed E-state index contributed by atoms with van der Waals surface area (Å²) in [7, 11) is 1.51. The fourth-order valence-electron chi connectivity index (χ4n) is 2.55. The largest absolute Gasteiger partial charge is 0.468 e. The summed E-state index contributed by atoms with van der Waals surface area (Å²) in [6.07, 6.45) is 7.51. The normalized spacial score (nSPS) is 25.7. The molecule has 3 nitrogen and oxygen atoms in total. The van der Waals surface area contributed by atoms with Gasteiger partial charge in [-0.2, -0.15) is 0 Å². The van der Waals surface area contributed by atoms with Gasteiger partial charge in [0.25, 0.3) is 0 Å². The van der Waals surface area contributed by atoms with Gasteiger partial charge in [0.15, 0.2) is 0 Å². The van der Waals surface area contributed by atoms with Crippen LogP contribution in [0.1, 0.15) is 38.5 Å². The Morgan fingerprint density at radius 3 is 2.27 bits per heavy atom. The Hall–Kier alpha value is -0.570. The average Bonchev–Trinajstić information content (AvgIpc) is 3.05. The van der Waals surface area contributed by atoms with E-state index in [0.717, 1.165) is 13.1 Å². The predicted molar refractivity (Wildman–Crippen MR) is 58.6 cm³/mol. The lowest BCUT2D eigenvalue weighted by atomic mass is 10.1. The van der Waals surface area contributed by atoms with Crippen LogP contribution in [0, 0.1) is 5.92 Å². The number of esters is 1. The van der Waals surface area contributed by atoms with Crippen LogP contribution in [0.25, 0.3) is 0 Å². The minimum atomic E-state index is -0.0144. The second kappa shape index (κ2) is 4.97. The Morgan fingerprint density at radius 2 is 1.80 bits per heavy atom. The molecule has 1 unspecified atom stereocenters. The Kier molecular flexibility index (Phi) is 3.62. The first-order valence-corrected chi connectivity index (χ1v) is 6.15. The molecule has 0 amide bonds. The number of hydrogen-bond acceptors (Lipinski definition) is 3. The predicted octanol–water partition coefficient (Wildman–Crippen LogP) is 1.81. The minimum absolute atomic E-state index is 0.0144. The highest BCUT2D eigenvalue weighted by molar-refractivity contribution is 5.76. The van der Waals surface area contributed by atoms with E-state index in [1.165, 1.54) is 45.6 Å². The van der Waals surface area contributed by atoms with E-state index in [9.17, 15) is 4.79 Å². The number of ether oxygens (including phenoxy) is 1. The summed E-state index contributed by atoms with van der Waals surface area (Å²) in [6.45, 7) is 2.16. The van der Waals surface area contributed by atoms with Gasteiger partial charge >= 0.3 is 5.97 Å².